The SMILES string of the molecule is CC1N=C(N)NC(N(C)CCc2ccc(O)c(O)c2)=N1. The molecule has 0 radical (unpaired) electrons. The van der Waals surface area contributed by atoms with Gasteiger partial charge >= 0.3 is 0 Å². The summed E-state index contributed by atoms with van der Waals surface area (Å²) in [6.45, 7) is 2.55. The number of nitrogens with two attached hydrogens (primary N) is 1. The number of hydrogen-bond donors (Lipinski definition) is 4. The van der Waals surface area contributed by atoms with E-state index in [0.717, 1.165) is 5.56 Å². The Morgan fingerprint density at radius 3 is 2.70 bits per heavy atom. The quantitative estimate of drug-likeness (QED) is 0.590. The fourth-order valence-corrected chi connectivity index (χ4v) is 1.91. The van der Waals surface area contributed by atoms with Crippen molar-refractivity contribution in [1.82, 2.24) is 10.2 Å². The average Bonchev–Trinajstić information content (AvgIpc) is 2.38. The van der Waals surface area contributed by atoms with E-state index in [1.54, 1.807) is 12.1 Å². The first kappa shape index (κ1) is 14.0. The van der Waals surface area contributed by atoms with Gasteiger partial charge in [-0.1, -0.05) is 6.07 Å². The third-order valence-corrected chi connectivity index (χ3v) is 3.01. The zero-order chi connectivity index (χ0) is 14.7. The number of phenols is 2. The van der Waals surface area contributed by atoms with E-state index >= 15 is 0 Å². The second-order valence-corrected chi connectivity index (χ2v) is 4.72. The van der Waals surface area contributed by atoms with Gasteiger partial charge in [0.2, 0.25) is 5.96 Å². The number of rotatable bonds is 3. The van der Waals surface area contributed by atoms with Crippen LogP contribution in [0.1, 0.15) is 12.5 Å². The van der Waals surface area contributed by atoms with Crippen LogP contribution in [0.15, 0.2) is 28.2 Å². The van der Waals surface area contributed by atoms with E-state index in [-0.39, 0.29) is 17.7 Å². The molecule has 7 heteroatoms. The van der Waals surface area contributed by atoms with Crippen LogP contribution in [0.3, 0.4) is 0 Å². The molecule has 108 valence electrons. The van der Waals surface area contributed by atoms with Crippen molar-refractivity contribution in [1.29, 1.82) is 0 Å². The largest absolute Gasteiger partial charge is 0.504 e. The minimum atomic E-state index is -0.189. The van der Waals surface area contributed by atoms with Crippen LogP contribution in [0, 0.1) is 0 Å². The lowest BCUT2D eigenvalue weighted by atomic mass is 10.1. The summed E-state index contributed by atoms with van der Waals surface area (Å²) in [6, 6.07) is 4.81. The van der Waals surface area contributed by atoms with E-state index in [9.17, 15) is 10.2 Å². The lowest BCUT2D eigenvalue weighted by Gasteiger charge is -2.25. The van der Waals surface area contributed by atoms with E-state index in [0.29, 0.717) is 24.9 Å². The Kier molecular flexibility index (Phi) is 3.97. The lowest BCUT2D eigenvalue weighted by Crippen LogP contribution is -2.49. The Balaban J connectivity index is 1.95. The Morgan fingerprint density at radius 2 is 2.05 bits per heavy atom. The number of phenolic OH excluding ortho intramolecular Hbond substituents is 2. The number of aliphatic imine (C=N–C) groups is 2. The molecule has 0 fully saturated rings. The second kappa shape index (κ2) is 5.68. The van der Waals surface area contributed by atoms with Crippen LogP contribution >= 0.6 is 0 Å². The summed E-state index contributed by atoms with van der Waals surface area (Å²) in [5, 5.41) is 21.6. The van der Waals surface area contributed by atoms with Gasteiger partial charge in [-0.3, -0.25) is 5.32 Å². The molecular formula is C13H19N5O2. The zero-order valence-corrected chi connectivity index (χ0v) is 11.5. The number of hydrogen-bond acceptors (Lipinski definition) is 7. The number of benzene rings is 1. The number of nitrogens with zero attached hydrogens (tertiary/aromatic N) is 3. The summed E-state index contributed by atoms with van der Waals surface area (Å²) in [5.74, 6) is 0.811. The number of likely N-dealkylation sites (N-methyl/N-ethyl adjacent to an activating group) is 1. The Bertz CT molecular complexity index is 556. The van der Waals surface area contributed by atoms with Gasteiger partial charge in [0.05, 0.1) is 0 Å². The molecule has 0 amide bonds. The minimum Gasteiger partial charge on any atom is -0.504 e. The van der Waals surface area contributed by atoms with Crippen LogP contribution in [0.25, 0.3) is 0 Å². The highest BCUT2D eigenvalue weighted by Gasteiger charge is 2.14. The van der Waals surface area contributed by atoms with E-state index in [2.05, 4.69) is 15.3 Å². The van der Waals surface area contributed by atoms with E-state index < -0.39 is 0 Å². The summed E-state index contributed by atoms with van der Waals surface area (Å²) >= 11 is 0. The average molecular weight is 277 g/mol. The Morgan fingerprint density at radius 1 is 1.30 bits per heavy atom. The van der Waals surface area contributed by atoms with Gasteiger partial charge in [-0.15, -0.1) is 0 Å². The number of nitrogens with one attached hydrogen (secondary N) is 1. The van der Waals surface area contributed by atoms with Gasteiger partial charge in [-0.05, 0) is 31.0 Å². The van der Waals surface area contributed by atoms with E-state index in [4.69, 9.17) is 5.73 Å². The van der Waals surface area contributed by atoms with Crippen LogP contribution in [0.5, 0.6) is 11.5 Å². The molecule has 1 unspecified atom stereocenters. The lowest BCUT2D eigenvalue weighted by molar-refractivity contribution is 0.402. The second-order valence-electron chi connectivity index (χ2n) is 4.72. The predicted octanol–water partition coefficient (Wildman–Crippen LogP) is 0.192. The van der Waals surface area contributed by atoms with Gasteiger partial charge in [-0.2, -0.15) is 0 Å². The van der Waals surface area contributed by atoms with E-state index in [1.165, 1.54) is 6.07 Å². The fourth-order valence-electron chi connectivity index (χ4n) is 1.91. The molecule has 0 aliphatic carbocycles. The van der Waals surface area contributed by atoms with Crippen molar-refractivity contribution in [3.05, 3.63) is 23.8 Å². The molecule has 1 aromatic rings. The number of guanidine groups is 2. The van der Waals surface area contributed by atoms with Gasteiger partial charge in [0.15, 0.2) is 17.5 Å². The molecule has 20 heavy (non-hydrogen) atoms. The van der Waals surface area contributed by atoms with Gasteiger partial charge in [0.1, 0.15) is 6.17 Å². The molecule has 5 N–H and O–H groups in total. The first-order chi connectivity index (χ1) is 9.45. The van der Waals surface area contributed by atoms with Gasteiger partial charge in [0.25, 0.3) is 0 Å². The molecule has 1 aromatic carbocycles. The van der Waals surface area contributed by atoms with Gasteiger partial charge in [-0.25, -0.2) is 9.98 Å². The van der Waals surface area contributed by atoms with Crippen molar-refractivity contribution in [2.45, 2.75) is 19.5 Å². The van der Waals surface area contributed by atoms with Gasteiger partial charge < -0.3 is 20.8 Å². The molecule has 0 bridgehead atoms. The number of aromatic hydroxyl groups is 2. The third-order valence-electron chi connectivity index (χ3n) is 3.01. The highest BCUT2D eigenvalue weighted by molar-refractivity contribution is 5.99. The molecule has 7 nitrogen and oxygen atoms in total. The Labute approximate surface area is 117 Å². The summed E-state index contributed by atoms with van der Waals surface area (Å²) in [6.07, 6.45) is 0.516. The van der Waals surface area contributed by atoms with Crippen LogP contribution in [0.4, 0.5) is 0 Å². The first-order valence-electron chi connectivity index (χ1n) is 6.36. The van der Waals surface area contributed by atoms with Crippen molar-refractivity contribution in [3.8, 4) is 11.5 Å². The summed E-state index contributed by atoms with van der Waals surface area (Å²) < 4.78 is 0. The molecule has 1 atom stereocenters. The maximum Gasteiger partial charge on any atom is 0.202 e. The van der Waals surface area contributed by atoms with Crippen molar-refractivity contribution < 1.29 is 10.2 Å². The monoisotopic (exact) mass is 277 g/mol. The minimum absolute atomic E-state index is 0.108. The maximum absolute atomic E-state index is 9.45. The topological polar surface area (TPSA) is 106 Å². The summed E-state index contributed by atoms with van der Waals surface area (Å²) in [5.41, 5.74) is 6.60. The smallest absolute Gasteiger partial charge is 0.202 e. The third kappa shape index (κ3) is 3.31. The standard InChI is InChI=1S/C13H19N5O2/c1-8-15-12(14)17-13(16-8)18(2)6-5-9-3-4-10(19)11(20)7-9/h3-4,7-8,19-20H,5-6H2,1-2H3,(H3,14,15,16,17). The van der Waals surface area contributed by atoms with Crippen LogP contribution in [-0.2, 0) is 6.42 Å². The van der Waals surface area contributed by atoms with Crippen LogP contribution in [-0.4, -0.2) is 46.8 Å². The molecule has 0 saturated heterocycles. The highest BCUT2D eigenvalue weighted by atomic mass is 16.3. The van der Waals surface area contributed by atoms with Crippen LogP contribution in [0.2, 0.25) is 0 Å². The first-order valence-corrected chi connectivity index (χ1v) is 6.36. The molecule has 1 aliphatic rings. The zero-order valence-electron chi connectivity index (χ0n) is 11.5. The normalized spacial score (nSPS) is 18.0. The highest BCUT2D eigenvalue weighted by Crippen LogP contribution is 2.25. The maximum atomic E-state index is 9.45. The molecule has 1 heterocycles. The van der Waals surface area contributed by atoms with Crippen molar-refractivity contribution >= 4 is 11.9 Å². The van der Waals surface area contributed by atoms with Crippen molar-refractivity contribution in [3.63, 3.8) is 0 Å². The Hall–Kier alpha value is -2.44. The molecule has 0 saturated carbocycles. The van der Waals surface area contributed by atoms with Crippen molar-refractivity contribution in [2.75, 3.05) is 13.6 Å². The summed E-state index contributed by atoms with van der Waals surface area (Å²) in [4.78, 5) is 10.3. The van der Waals surface area contributed by atoms with Gasteiger partial charge in [0, 0.05) is 13.6 Å². The van der Waals surface area contributed by atoms with Crippen LogP contribution < -0.4 is 11.1 Å². The molecule has 0 aromatic heterocycles. The van der Waals surface area contributed by atoms with Crippen molar-refractivity contribution in [2.24, 2.45) is 15.7 Å². The summed E-state index contributed by atoms with van der Waals surface area (Å²) in [7, 11) is 1.90. The molecular weight excluding hydrogens is 258 g/mol. The van der Waals surface area contributed by atoms with E-state index in [1.807, 2.05) is 18.9 Å². The predicted molar refractivity (Wildman–Crippen MR) is 77.8 cm³/mol. The molecule has 2 rings (SSSR count). The fraction of sp³-hybridized carbons (Fsp3) is 0.385. The molecule has 0 spiro atoms. The molecule has 1 aliphatic heterocycles.